The third-order valence-electron chi connectivity index (χ3n) is 4.68. The second-order valence-electron chi connectivity index (χ2n) is 7.26. The lowest BCUT2D eigenvalue weighted by atomic mass is 10.1. The minimum atomic E-state index is -4.73. The molecule has 0 spiro atoms. The van der Waals surface area contributed by atoms with Gasteiger partial charge in [-0.15, -0.1) is 0 Å². The number of anilines is 1. The van der Waals surface area contributed by atoms with Gasteiger partial charge in [-0.2, -0.15) is 18.3 Å². The van der Waals surface area contributed by atoms with Gasteiger partial charge in [-0.1, -0.05) is 18.2 Å². The molecule has 2 heterocycles. The monoisotopic (exact) mass is 524 g/mol. The Hall–Kier alpha value is -4.39. The zero-order valence-electron chi connectivity index (χ0n) is 18.3. The van der Waals surface area contributed by atoms with Crippen LogP contribution in [0.15, 0.2) is 64.9 Å². The van der Waals surface area contributed by atoms with E-state index in [1.165, 1.54) is 25.4 Å². The normalized spacial score (nSPS) is 12.5. The molecule has 3 aromatic rings. The number of carbonyl (C=O) groups is 1. The molecule has 36 heavy (non-hydrogen) atoms. The number of nitrogens with two attached hydrogens (primary N) is 1. The van der Waals surface area contributed by atoms with Gasteiger partial charge in [-0.3, -0.25) is 4.79 Å². The number of halogens is 5. The molecule has 0 aliphatic rings. The molecule has 0 bridgehead atoms. The molecule has 2 aromatic heterocycles. The number of nitrogens with zero attached hydrogens (tertiary/aromatic N) is 4. The SMILES string of the molecule is C=C(N=C/C(=C(\N)n1ccc(C(F)(F)F)n1)c1cc(C(=O)O)c(=O)n(C)c1)Nc1ccc(F)c(Cl)c1. The van der Waals surface area contributed by atoms with Crippen LogP contribution in [0, 0.1) is 5.82 Å². The number of rotatable bonds is 7. The largest absolute Gasteiger partial charge is 0.477 e. The summed E-state index contributed by atoms with van der Waals surface area (Å²) in [7, 11) is 1.29. The van der Waals surface area contributed by atoms with Crippen LogP contribution in [0.5, 0.6) is 0 Å². The summed E-state index contributed by atoms with van der Waals surface area (Å²) in [6, 6.07) is 5.45. The van der Waals surface area contributed by atoms with Crippen molar-refractivity contribution in [3.8, 4) is 0 Å². The van der Waals surface area contributed by atoms with Crippen molar-refractivity contribution in [2.24, 2.45) is 17.8 Å². The van der Waals surface area contributed by atoms with Crippen molar-refractivity contribution in [3.63, 3.8) is 0 Å². The van der Waals surface area contributed by atoms with Gasteiger partial charge in [0.2, 0.25) is 0 Å². The first kappa shape index (κ1) is 26.2. The molecule has 4 N–H and O–H groups in total. The number of hydrogen-bond acceptors (Lipinski definition) is 6. The standard InChI is InChI=1S/C22H17ClF4N6O3/c1-11(30-13-3-4-17(24)16(23)8-13)29-9-15(12-7-14(21(35)36)20(34)32(2)10-12)19(28)33-6-5-18(31-33)22(25,26)27/h3-10,30H,1,28H2,2H3,(H,35,36)/b19-15-,29-9?. The number of carboxylic acids is 1. The zero-order valence-corrected chi connectivity index (χ0v) is 19.1. The molecule has 9 nitrogen and oxygen atoms in total. The highest BCUT2D eigenvalue weighted by Crippen LogP contribution is 2.28. The van der Waals surface area contributed by atoms with Gasteiger partial charge in [0.05, 0.1) is 5.02 Å². The number of aromatic carboxylic acids is 1. The number of benzene rings is 1. The first-order valence-corrected chi connectivity index (χ1v) is 10.2. The number of alkyl halides is 3. The summed E-state index contributed by atoms with van der Waals surface area (Å²) in [6.07, 6.45) is -1.45. The molecule has 0 aliphatic carbocycles. The van der Waals surface area contributed by atoms with Crippen LogP contribution in [-0.4, -0.2) is 31.6 Å². The number of allylic oxidation sites excluding steroid dienone is 1. The minimum Gasteiger partial charge on any atom is -0.477 e. The number of pyridine rings is 1. The molecule has 0 amide bonds. The van der Waals surface area contributed by atoms with Gasteiger partial charge in [0.1, 0.15) is 23.0 Å². The van der Waals surface area contributed by atoms with E-state index in [0.29, 0.717) is 11.8 Å². The highest BCUT2D eigenvalue weighted by molar-refractivity contribution is 6.31. The summed E-state index contributed by atoms with van der Waals surface area (Å²) >= 11 is 5.74. The van der Waals surface area contributed by atoms with Gasteiger partial charge >= 0.3 is 12.1 Å². The van der Waals surface area contributed by atoms with Crippen LogP contribution in [-0.2, 0) is 13.2 Å². The minimum absolute atomic E-state index is 0.0114. The van der Waals surface area contributed by atoms with Crippen molar-refractivity contribution in [1.29, 1.82) is 0 Å². The Balaban J connectivity index is 2.09. The Kier molecular flexibility index (Phi) is 7.34. The molecule has 0 radical (unpaired) electrons. The molecule has 3 rings (SSSR count). The van der Waals surface area contributed by atoms with Gasteiger partial charge in [-0.25, -0.2) is 18.9 Å². The third kappa shape index (κ3) is 5.81. The average molecular weight is 525 g/mol. The Labute approximate surface area is 205 Å². The number of aliphatic imine (C=N–C) groups is 1. The fraction of sp³-hybridized carbons (Fsp3) is 0.0909. The van der Waals surface area contributed by atoms with E-state index in [1.54, 1.807) is 0 Å². The lowest BCUT2D eigenvalue weighted by Crippen LogP contribution is -2.25. The maximum Gasteiger partial charge on any atom is 0.435 e. The van der Waals surface area contributed by atoms with E-state index in [2.05, 4.69) is 22.0 Å². The molecule has 188 valence electrons. The van der Waals surface area contributed by atoms with E-state index in [9.17, 15) is 32.3 Å². The summed E-state index contributed by atoms with van der Waals surface area (Å²) in [5.41, 5.74) is 3.74. The number of aromatic nitrogens is 3. The van der Waals surface area contributed by atoms with Gasteiger partial charge in [0, 0.05) is 42.5 Å². The van der Waals surface area contributed by atoms with Gasteiger partial charge in [-0.05, 0) is 30.3 Å². The summed E-state index contributed by atoms with van der Waals surface area (Å²) in [4.78, 5) is 27.8. The van der Waals surface area contributed by atoms with E-state index < -0.39 is 34.8 Å². The summed E-state index contributed by atoms with van der Waals surface area (Å²) in [6.45, 7) is 3.68. The van der Waals surface area contributed by atoms with Gasteiger partial charge in [0.25, 0.3) is 5.56 Å². The van der Waals surface area contributed by atoms with Gasteiger partial charge < -0.3 is 20.7 Å². The zero-order chi connectivity index (χ0) is 26.8. The Morgan fingerprint density at radius 1 is 1.31 bits per heavy atom. The average Bonchev–Trinajstić information content (AvgIpc) is 3.29. The predicted octanol–water partition coefficient (Wildman–Crippen LogP) is 4.03. The summed E-state index contributed by atoms with van der Waals surface area (Å²) in [5.74, 6) is -2.54. The number of aryl methyl sites for hydroxylation is 1. The molecule has 0 aliphatic heterocycles. The lowest BCUT2D eigenvalue weighted by molar-refractivity contribution is -0.141. The molecule has 0 saturated carbocycles. The van der Waals surface area contributed by atoms with Crippen LogP contribution in [0.25, 0.3) is 11.4 Å². The first-order chi connectivity index (χ1) is 16.8. The van der Waals surface area contributed by atoms with Crippen molar-refractivity contribution in [3.05, 3.63) is 93.1 Å². The fourth-order valence-corrected chi connectivity index (χ4v) is 3.13. The smallest absolute Gasteiger partial charge is 0.435 e. The van der Waals surface area contributed by atoms with Crippen molar-refractivity contribution < 1.29 is 27.5 Å². The van der Waals surface area contributed by atoms with Crippen LogP contribution in [0.4, 0.5) is 23.2 Å². The van der Waals surface area contributed by atoms with Crippen molar-refractivity contribution in [1.82, 2.24) is 14.3 Å². The van der Waals surface area contributed by atoms with Crippen LogP contribution >= 0.6 is 11.6 Å². The summed E-state index contributed by atoms with van der Waals surface area (Å²) < 4.78 is 54.2. The molecule has 0 unspecified atom stereocenters. The maximum atomic E-state index is 13.4. The van der Waals surface area contributed by atoms with Crippen LogP contribution in [0.2, 0.25) is 5.02 Å². The number of hydrogen-bond donors (Lipinski definition) is 3. The second-order valence-corrected chi connectivity index (χ2v) is 7.67. The Bertz CT molecular complexity index is 1470. The van der Waals surface area contributed by atoms with E-state index in [-0.39, 0.29) is 27.8 Å². The van der Waals surface area contributed by atoms with E-state index in [4.69, 9.17) is 17.3 Å². The molecule has 1 aromatic carbocycles. The Morgan fingerprint density at radius 2 is 2.00 bits per heavy atom. The van der Waals surface area contributed by atoms with Crippen LogP contribution in [0.3, 0.4) is 0 Å². The second kappa shape index (κ2) is 10.1. The van der Waals surface area contributed by atoms with Crippen molar-refractivity contribution in [2.45, 2.75) is 6.18 Å². The molecular formula is C22H17ClF4N6O3. The Morgan fingerprint density at radius 3 is 2.58 bits per heavy atom. The quantitative estimate of drug-likeness (QED) is 0.316. The predicted molar refractivity (Wildman–Crippen MR) is 126 cm³/mol. The van der Waals surface area contributed by atoms with Crippen molar-refractivity contribution in [2.75, 3.05) is 5.32 Å². The van der Waals surface area contributed by atoms with E-state index in [0.717, 1.165) is 33.8 Å². The van der Waals surface area contributed by atoms with Crippen LogP contribution in [0.1, 0.15) is 21.6 Å². The fourth-order valence-electron chi connectivity index (χ4n) is 2.95. The lowest BCUT2D eigenvalue weighted by Gasteiger charge is -2.12. The van der Waals surface area contributed by atoms with Crippen molar-refractivity contribution >= 4 is 40.9 Å². The molecular weight excluding hydrogens is 508 g/mol. The van der Waals surface area contributed by atoms with Crippen LogP contribution < -0.4 is 16.6 Å². The molecule has 0 fully saturated rings. The van der Waals surface area contributed by atoms with Gasteiger partial charge in [0.15, 0.2) is 5.69 Å². The molecule has 14 heteroatoms. The molecule has 0 atom stereocenters. The number of nitrogens with one attached hydrogen (secondary N) is 1. The summed E-state index contributed by atoms with van der Waals surface area (Å²) in [5, 5.41) is 15.4. The van der Waals surface area contributed by atoms with E-state index >= 15 is 0 Å². The third-order valence-corrected chi connectivity index (χ3v) is 4.97. The molecule has 0 saturated heterocycles. The van der Waals surface area contributed by atoms with E-state index in [1.807, 2.05) is 0 Å². The highest BCUT2D eigenvalue weighted by atomic mass is 35.5. The number of carboxylic acid groups (broad SMARTS) is 1. The maximum absolute atomic E-state index is 13.4. The highest BCUT2D eigenvalue weighted by Gasteiger charge is 2.33. The first-order valence-electron chi connectivity index (χ1n) is 9.80. The topological polar surface area (TPSA) is 128 Å².